The molecule has 2 fully saturated rings. The van der Waals surface area contributed by atoms with Gasteiger partial charge in [0.2, 0.25) is 5.95 Å². The maximum Gasteiger partial charge on any atom is 0.225 e. The summed E-state index contributed by atoms with van der Waals surface area (Å²) in [5.74, 6) is 4.56. The molecule has 2 N–H and O–H groups in total. The number of H-pyrrole nitrogens is 1. The van der Waals surface area contributed by atoms with Gasteiger partial charge in [0.05, 0.1) is 23.5 Å². The van der Waals surface area contributed by atoms with Crippen LogP contribution in [0.15, 0.2) is 36.8 Å². The Balaban J connectivity index is 1.39. The largest absolute Gasteiger partial charge is 0.372 e. The molecule has 0 amide bonds. The van der Waals surface area contributed by atoms with E-state index < -0.39 is 0 Å². The standard InChI is InChI=1S/C25H29N7O/c1-4-19-11-23(30-24(19)31-9-7-26-8-10-31)20-5-6-27-22(12-20)21-13-28-25(29-14-21)32-15-17(2)33-18(3)16-32/h1,5-6,11-14,17-18,26,30H,7-10,15-16H2,2-3H3/t17-,18+. The summed E-state index contributed by atoms with van der Waals surface area (Å²) in [6.45, 7) is 9.50. The predicted octanol–water partition coefficient (Wildman–Crippen LogP) is 2.54. The molecule has 2 saturated heterocycles. The Morgan fingerprint density at radius 1 is 1.00 bits per heavy atom. The lowest BCUT2D eigenvalue weighted by Gasteiger charge is -2.35. The van der Waals surface area contributed by atoms with Gasteiger partial charge in [-0.3, -0.25) is 4.98 Å². The lowest BCUT2D eigenvalue weighted by molar-refractivity contribution is -0.00571. The summed E-state index contributed by atoms with van der Waals surface area (Å²) in [5.41, 5.74) is 4.59. The summed E-state index contributed by atoms with van der Waals surface area (Å²) in [5, 5.41) is 3.38. The van der Waals surface area contributed by atoms with Gasteiger partial charge in [-0.15, -0.1) is 6.42 Å². The van der Waals surface area contributed by atoms with Gasteiger partial charge in [0.15, 0.2) is 0 Å². The van der Waals surface area contributed by atoms with E-state index in [1.54, 1.807) is 0 Å². The van der Waals surface area contributed by atoms with Crippen LogP contribution in [0.5, 0.6) is 0 Å². The minimum Gasteiger partial charge on any atom is -0.372 e. The predicted molar refractivity (Wildman–Crippen MR) is 130 cm³/mol. The summed E-state index contributed by atoms with van der Waals surface area (Å²) in [6, 6.07) is 6.07. The van der Waals surface area contributed by atoms with Crippen molar-refractivity contribution in [2.75, 3.05) is 49.1 Å². The molecule has 0 bridgehead atoms. The molecule has 2 aliphatic heterocycles. The fraction of sp³-hybridized carbons (Fsp3) is 0.400. The molecule has 0 saturated carbocycles. The second-order valence-electron chi connectivity index (χ2n) is 8.69. The molecule has 3 aromatic heterocycles. The highest BCUT2D eigenvalue weighted by Crippen LogP contribution is 2.29. The van der Waals surface area contributed by atoms with E-state index in [1.165, 1.54) is 0 Å². The SMILES string of the molecule is C#Cc1cc(-c2ccnc(-c3cnc(N4C[C@@H](C)O[C@@H](C)C4)nc3)c2)[nH]c1N1CCNCC1. The van der Waals surface area contributed by atoms with Gasteiger partial charge in [0, 0.05) is 74.7 Å². The van der Waals surface area contributed by atoms with Crippen molar-refractivity contribution in [1.82, 2.24) is 25.3 Å². The highest BCUT2D eigenvalue weighted by atomic mass is 16.5. The number of morpholine rings is 1. The first kappa shape index (κ1) is 21.4. The van der Waals surface area contributed by atoms with E-state index in [-0.39, 0.29) is 12.2 Å². The van der Waals surface area contributed by atoms with Crippen LogP contribution in [0.4, 0.5) is 11.8 Å². The number of hydrogen-bond donors (Lipinski definition) is 2. The second kappa shape index (κ2) is 9.22. The van der Waals surface area contributed by atoms with E-state index in [9.17, 15) is 0 Å². The molecular weight excluding hydrogens is 414 g/mol. The van der Waals surface area contributed by atoms with E-state index in [4.69, 9.17) is 11.2 Å². The number of aromatic nitrogens is 4. The van der Waals surface area contributed by atoms with Crippen molar-refractivity contribution in [1.29, 1.82) is 0 Å². The van der Waals surface area contributed by atoms with Crippen LogP contribution in [0.2, 0.25) is 0 Å². The Bertz CT molecular complexity index is 1130. The lowest BCUT2D eigenvalue weighted by atomic mass is 10.1. The smallest absolute Gasteiger partial charge is 0.225 e. The Labute approximate surface area is 194 Å². The Kier molecular flexibility index (Phi) is 5.99. The first-order valence-electron chi connectivity index (χ1n) is 11.4. The van der Waals surface area contributed by atoms with E-state index in [0.29, 0.717) is 0 Å². The Morgan fingerprint density at radius 2 is 1.73 bits per heavy atom. The summed E-state index contributed by atoms with van der Waals surface area (Å²) in [4.78, 5) is 21.8. The Morgan fingerprint density at radius 3 is 2.42 bits per heavy atom. The number of pyridine rings is 1. The highest BCUT2D eigenvalue weighted by Gasteiger charge is 2.24. The summed E-state index contributed by atoms with van der Waals surface area (Å²) < 4.78 is 5.81. The van der Waals surface area contributed by atoms with Gasteiger partial charge in [-0.25, -0.2) is 9.97 Å². The third-order valence-corrected chi connectivity index (χ3v) is 6.09. The van der Waals surface area contributed by atoms with E-state index in [0.717, 1.165) is 79.1 Å². The molecule has 2 atom stereocenters. The van der Waals surface area contributed by atoms with Crippen LogP contribution in [-0.2, 0) is 4.74 Å². The molecule has 8 nitrogen and oxygen atoms in total. The molecule has 0 aliphatic carbocycles. The summed E-state index contributed by atoms with van der Waals surface area (Å²) in [7, 11) is 0. The maximum absolute atomic E-state index is 5.81. The van der Waals surface area contributed by atoms with Crippen LogP contribution >= 0.6 is 0 Å². The van der Waals surface area contributed by atoms with Gasteiger partial charge in [-0.05, 0) is 32.0 Å². The number of terminal acetylenes is 1. The van der Waals surface area contributed by atoms with Crippen molar-refractivity contribution in [2.45, 2.75) is 26.1 Å². The number of ether oxygens (including phenoxy) is 1. The first-order valence-corrected chi connectivity index (χ1v) is 11.4. The average molecular weight is 444 g/mol. The lowest BCUT2D eigenvalue weighted by Crippen LogP contribution is -2.46. The topological polar surface area (TPSA) is 82.2 Å². The number of nitrogens with zero attached hydrogens (tertiary/aromatic N) is 5. The number of rotatable bonds is 4. The van der Waals surface area contributed by atoms with Crippen LogP contribution in [0, 0.1) is 12.3 Å². The molecule has 5 rings (SSSR count). The molecular formula is C25H29N7O. The monoisotopic (exact) mass is 443 g/mol. The van der Waals surface area contributed by atoms with Gasteiger partial charge in [0.1, 0.15) is 5.82 Å². The molecule has 0 radical (unpaired) electrons. The number of aromatic amines is 1. The van der Waals surface area contributed by atoms with Crippen LogP contribution in [0.3, 0.4) is 0 Å². The maximum atomic E-state index is 5.81. The molecule has 8 heteroatoms. The molecule has 33 heavy (non-hydrogen) atoms. The van der Waals surface area contributed by atoms with Crippen LogP contribution < -0.4 is 15.1 Å². The van der Waals surface area contributed by atoms with Crippen molar-refractivity contribution in [3.05, 3.63) is 42.4 Å². The second-order valence-corrected chi connectivity index (χ2v) is 8.69. The van der Waals surface area contributed by atoms with Crippen LogP contribution in [0.25, 0.3) is 22.5 Å². The van der Waals surface area contributed by atoms with Crippen molar-refractivity contribution in [3.8, 4) is 34.9 Å². The minimum atomic E-state index is 0.162. The molecule has 5 heterocycles. The zero-order chi connectivity index (χ0) is 22.8. The van der Waals surface area contributed by atoms with E-state index in [2.05, 4.69) is 54.8 Å². The van der Waals surface area contributed by atoms with E-state index in [1.807, 2.05) is 36.8 Å². The normalized spacial score (nSPS) is 21.1. The van der Waals surface area contributed by atoms with Crippen molar-refractivity contribution in [2.24, 2.45) is 0 Å². The van der Waals surface area contributed by atoms with Gasteiger partial charge in [-0.1, -0.05) is 5.92 Å². The van der Waals surface area contributed by atoms with Crippen LogP contribution in [-0.4, -0.2) is 71.4 Å². The van der Waals surface area contributed by atoms with Crippen molar-refractivity contribution in [3.63, 3.8) is 0 Å². The molecule has 3 aromatic rings. The van der Waals surface area contributed by atoms with Crippen molar-refractivity contribution >= 4 is 11.8 Å². The fourth-order valence-electron chi connectivity index (χ4n) is 4.56. The van der Waals surface area contributed by atoms with E-state index >= 15 is 0 Å². The summed E-state index contributed by atoms with van der Waals surface area (Å²) >= 11 is 0. The Hall–Kier alpha value is -3.41. The molecule has 170 valence electrons. The van der Waals surface area contributed by atoms with Crippen molar-refractivity contribution < 1.29 is 4.74 Å². The van der Waals surface area contributed by atoms with Gasteiger partial charge in [-0.2, -0.15) is 0 Å². The number of anilines is 2. The molecule has 0 spiro atoms. The number of nitrogens with one attached hydrogen (secondary N) is 2. The molecule has 0 unspecified atom stereocenters. The summed E-state index contributed by atoms with van der Waals surface area (Å²) in [6.07, 6.45) is 11.6. The fourth-order valence-corrected chi connectivity index (χ4v) is 4.56. The molecule has 2 aliphatic rings. The number of hydrogen-bond acceptors (Lipinski definition) is 7. The van der Waals surface area contributed by atoms with Crippen LogP contribution in [0.1, 0.15) is 19.4 Å². The zero-order valence-electron chi connectivity index (χ0n) is 19.1. The van der Waals surface area contributed by atoms with Gasteiger partial charge in [0.25, 0.3) is 0 Å². The first-order chi connectivity index (χ1) is 16.1. The zero-order valence-corrected chi connectivity index (χ0v) is 19.1. The third-order valence-electron chi connectivity index (χ3n) is 6.09. The minimum absolute atomic E-state index is 0.162. The average Bonchev–Trinajstić information content (AvgIpc) is 3.29. The quantitative estimate of drug-likeness (QED) is 0.600. The highest BCUT2D eigenvalue weighted by molar-refractivity contribution is 5.73. The molecule has 0 aromatic carbocycles. The number of piperazine rings is 1. The van der Waals surface area contributed by atoms with Gasteiger partial charge < -0.3 is 24.8 Å². The third kappa shape index (κ3) is 4.56. The van der Waals surface area contributed by atoms with Gasteiger partial charge >= 0.3 is 0 Å².